The summed E-state index contributed by atoms with van der Waals surface area (Å²) in [5.74, 6) is -0.323. The first-order valence-electron chi connectivity index (χ1n) is 7.60. The smallest absolute Gasteiger partial charge is 0.324 e. The third-order valence-corrected chi connectivity index (χ3v) is 4.45. The number of carbonyl (C=O) groups excluding carboxylic acids is 3. The van der Waals surface area contributed by atoms with Crippen LogP contribution in [0.5, 0.6) is 0 Å². The molecular weight excluding hydrogens is 296 g/mol. The summed E-state index contributed by atoms with van der Waals surface area (Å²) in [5, 5.41) is 3.50. The molecule has 4 rings (SSSR count). The van der Waals surface area contributed by atoms with Gasteiger partial charge in [-0.1, -0.05) is 18.2 Å². The summed E-state index contributed by atoms with van der Waals surface area (Å²) in [6.45, 7) is 0.967. The van der Waals surface area contributed by atoms with Gasteiger partial charge in [-0.15, -0.1) is 0 Å². The highest BCUT2D eigenvalue weighted by Gasteiger charge is 2.39. The van der Waals surface area contributed by atoms with Gasteiger partial charge in [0, 0.05) is 24.0 Å². The van der Waals surface area contributed by atoms with E-state index in [1.54, 1.807) is 4.90 Å². The molecule has 1 aromatic heterocycles. The van der Waals surface area contributed by atoms with Crippen LogP contribution < -0.4 is 5.32 Å². The minimum Gasteiger partial charge on any atom is -0.351 e. The summed E-state index contributed by atoms with van der Waals surface area (Å²) in [5.41, 5.74) is 1.45. The summed E-state index contributed by atoms with van der Waals surface area (Å²) >= 11 is 0. The molecule has 2 fully saturated rings. The number of carbonyl (C=O) groups is 3. The fraction of sp³-hybridized carbons (Fsp3) is 0.312. The van der Waals surface area contributed by atoms with Crippen LogP contribution in [0.15, 0.2) is 30.3 Å². The minimum absolute atomic E-state index is 0.0469. The number of nitrogens with one attached hydrogen (secondary N) is 2. The van der Waals surface area contributed by atoms with Crippen LogP contribution in [0.1, 0.15) is 16.9 Å². The largest absolute Gasteiger partial charge is 0.351 e. The van der Waals surface area contributed by atoms with Gasteiger partial charge in [-0.2, -0.15) is 0 Å². The van der Waals surface area contributed by atoms with Crippen molar-refractivity contribution >= 4 is 28.7 Å². The van der Waals surface area contributed by atoms with Crippen molar-refractivity contribution in [2.75, 3.05) is 19.6 Å². The lowest BCUT2D eigenvalue weighted by molar-refractivity contribution is -0.126. The van der Waals surface area contributed by atoms with E-state index in [0.717, 1.165) is 10.9 Å². The predicted molar refractivity (Wildman–Crippen MR) is 82.9 cm³/mol. The first-order valence-corrected chi connectivity index (χ1v) is 7.60. The number of aromatic nitrogens is 1. The maximum absolute atomic E-state index is 12.6. The van der Waals surface area contributed by atoms with E-state index in [9.17, 15) is 14.4 Å². The second kappa shape index (κ2) is 5.12. The molecule has 0 saturated carbocycles. The van der Waals surface area contributed by atoms with Crippen LogP contribution in [-0.2, 0) is 4.79 Å². The van der Waals surface area contributed by atoms with Crippen molar-refractivity contribution in [3.8, 4) is 0 Å². The molecule has 1 unspecified atom stereocenters. The van der Waals surface area contributed by atoms with Gasteiger partial charge in [0.05, 0.1) is 12.6 Å². The molecule has 2 aromatic rings. The van der Waals surface area contributed by atoms with Crippen molar-refractivity contribution in [2.24, 2.45) is 0 Å². The van der Waals surface area contributed by atoms with Gasteiger partial charge >= 0.3 is 6.03 Å². The van der Waals surface area contributed by atoms with Crippen LogP contribution in [0.25, 0.3) is 10.9 Å². The van der Waals surface area contributed by atoms with Gasteiger partial charge in [0.15, 0.2) is 0 Å². The summed E-state index contributed by atoms with van der Waals surface area (Å²) in [4.78, 5) is 42.2. The molecule has 7 nitrogen and oxygen atoms in total. The van der Waals surface area contributed by atoms with E-state index in [-0.39, 0.29) is 30.4 Å². The molecule has 2 N–H and O–H groups in total. The fourth-order valence-electron chi connectivity index (χ4n) is 3.30. The van der Waals surface area contributed by atoms with E-state index in [1.165, 1.54) is 4.90 Å². The second-order valence-corrected chi connectivity index (χ2v) is 5.89. The summed E-state index contributed by atoms with van der Waals surface area (Å²) in [7, 11) is 0. The van der Waals surface area contributed by atoms with E-state index in [2.05, 4.69) is 10.3 Å². The molecule has 0 bridgehead atoms. The number of imide groups is 1. The number of hydrogen-bond acceptors (Lipinski definition) is 3. The van der Waals surface area contributed by atoms with E-state index >= 15 is 0 Å². The molecule has 1 aromatic carbocycles. The lowest BCUT2D eigenvalue weighted by Gasteiger charge is -2.21. The molecule has 0 aliphatic carbocycles. The van der Waals surface area contributed by atoms with E-state index in [4.69, 9.17) is 0 Å². The van der Waals surface area contributed by atoms with Gasteiger partial charge in [-0.25, -0.2) is 4.79 Å². The van der Waals surface area contributed by atoms with Crippen LogP contribution in [0.3, 0.4) is 0 Å². The van der Waals surface area contributed by atoms with Crippen molar-refractivity contribution in [1.82, 2.24) is 20.1 Å². The van der Waals surface area contributed by atoms with Gasteiger partial charge in [-0.3, -0.25) is 14.5 Å². The third kappa shape index (κ3) is 2.25. The number of likely N-dealkylation sites (tertiary alicyclic amines) is 1. The standard InChI is InChI=1S/C16H16N4O3/c21-14-8-17-16(23)20(14)11-5-6-19(9-11)15(22)13-7-10-3-1-2-4-12(10)18-13/h1-4,7,11,18H,5-6,8-9H2,(H,17,23). The monoisotopic (exact) mass is 312 g/mol. The number of urea groups is 1. The summed E-state index contributed by atoms with van der Waals surface area (Å²) in [6, 6.07) is 8.94. The van der Waals surface area contributed by atoms with Crippen molar-refractivity contribution in [3.63, 3.8) is 0 Å². The quantitative estimate of drug-likeness (QED) is 0.809. The summed E-state index contributed by atoms with van der Waals surface area (Å²) in [6.07, 6.45) is 0.616. The normalized spacial score (nSPS) is 21.3. The van der Waals surface area contributed by atoms with Gasteiger partial charge in [0.1, 0.15) is 5.69 Å². The Morgan fingerprint density at radius 1 is 1.22 bits per heavy atom. The number of H-pyrrole nitrogens is 1. The number of nitrogens with zero attached hydrogens (tertiary/aromatic N) is 2. The molecule has 4 amide bonds. The molecule has 2 aliphatic heterocycles. The lowest BCUT2D eigenvalue weighted by atomic mass is 10.2. The molecule has 7 heteroatoms. The molecule has 0 spiro atoms. The number of amides is 4. The van der Waals surface area contributed by atoms with Crippen LogP contribution in [0, 0.1) is 0 Å². The highest BCUT2D eigenvalue weighted by Crippen LogP contribution is 2.22. The SMILES string of the molecule is O=C(c1cc2ccccc2[nH]1)N1CCC(N2C(=O)CNC2=O)C1. The van der Waals surface area contributed by atoms with Gasteiger partial charge in [0.2, 0.25) is 5.91 Å². The lowest BCUT2D eigenvalue weighted by Crippen LogP contribution is -2.42. The Hall–Kier alpha value is -2.83. The molecule has 2 aliphatic rings. The Balaban J connectivity index is 1.52. The van der Waals surface area contributed by atoms with E-state index < -0.39 is 0 Å². The highest BCUT2D eigenvalue weighted by molar-refractivity contribution is 6.02. The maximum atomic E-state index is 12.6. The number of para-hydroxylation sites is 1. The molecule has 118 valence electrons. The van der Waals surface area contributed by atoms with Crippen molar-refractivity contribution in [3.05, 3.63) is 36.0 Å². The zero-order chi connectivity index (χ0) is 16.0. The average molecular weight is 312 g/mol. The van der Waals surface area contributed by atoms with Gasteiger partial charge in [0.25, 0.3) is 5.91 Å². The Labute approximate surface area is 132 Å². The minimum atomic E-state index is -0.361. The number of fused-ring (bicyclic) bond motifs is 1. The van der Waals surface area contributed by atoms with E-state index in [0.29, 0.717) is 25.2 Å². The Kier molecular flexibility index (Phi) is 3.07. The number of aromatic amines is 1. The zero-order valence-electron chi connectivity index (χ0n) is 12.4. The van der Waals surface area contributed by atoms with Crippen molar-refractivity contribution in [1.29, 1.82) is 0 Å². The number of hydrogen-bond donors (Lipinski definition) is 2. The van der Waals surface area contributed by atoms with Gasteiger partial charge in [-0.05, 0) is 18.6 Å². The maximum Gasteiger partial charge on any atom is 0.324 e. The molecule has 1 atom stereocenters. The summed E-state index contributed by atoms with van der Waals surface area (Å²) < 4.78 is 0. The van der Waals surface area contributed by atoms with Crippen LogP contribution >= 0.6 is 0 Å². The third-order valence-electron chi connectivity index (χ3n) is 4.45. The van der Waals surface area contributed by atoms with E-state index in [1.807, 2.05) is 30.3 Å². The molecule has 2 saturated heterocycles. The number of benzene rings is 1. The zero-order valence-corrected chi connectivity index (χ0v) is 12.4. The molecule has 0 radical (unpaired) electrons. The van der Waals surface area contributed by atoms with Gasteiger partial charge < -0.3 is 15.2 Å². The first kappa shape index (κ1) is 13.8. The Morgan fingerprint density at radius 3 is 2.78 bits per heavy atom. The van der Waals surface area contributed by atoms with Crippen molar-refractivity contribution < 1.29 is 14.4 Å². The number of rotatable bonds is 2. The molecule has 23 heavy (non-hydrogen) atoms. The molecular formula is C16H16N4O3. The van der Waals surface area contributed by atoms with Crippen LogP contribution in [-0.4, -0.2) is 58.3 Å². The van der Waals surface area contributed by atoms with Crippen molar-refractivity contribution in [2.45, 2.75) is 12.5 Å². The average Bonchev–Trinajstić information content (AvgIpc) is 3.25. The van der Waals surface area contributed by atoms with Crippen LogP contribution in [0.4, 0.5) is 4.79 Å². The topological polar surface area (TPSA) is 85.5 Å². The fourth-order valence-corrected chi connectivity index (χ4v) is 3.30. The second-order valence-electron chi connectivity index (χ2n) is 5.89. The first-order chi connectivity index (χ1) is 11.1. The molecule has 3 heterocycles. The Bertz CT molecular complexity index is 764. The highest BCUT2D eigenvalue weighted by atomic mass is 16.2. The van der Waals surface area contributed by atoms with Crippen LogP contribution in [0.2, 0.25) is 0 Å². The Morgan fingerprint density at radius 2 is 2.04 bits per heavy atom. The predicted octanol–water partition coefficient (Wildman–Crippen LogP) is 0.934.